The van der Waals surface area contributed by atoms with Gasteiger partial charge in [0, 0.05) is 0 Å². The smallest absolute Gasteiger partial charge is 0.355 e. The molecule has 0 amide bonds. The number of hydrogen-bond acceptors (Lipinski definition) is 5. The summed E-state index contributed by atoms with van der Waals surface area (Å²) in [6.07, 6.45) is 0. The molecule has 5 nitrogen and oxygen atoms in total. The van der Waals surface area contributed by atoms with Crippen LogP contribution in [0.15, 0.2) is 30.3 Å². The van der Waals surface area contributed by atoms with Crippen LogP contribution in [0.2, 0.25) is 0 Å². The first-order chi connectivity index (χ1) is 8.63. The molecule has 0 radical (unpaired) electrons. The SMILES string of the molecule is CC(C)(C)OC(=O)C(C)(O)C(=O)Oc1ccccc1. The van der Waals surface area contributed by atoms with E-state index in [4.69, 9.17) is 9.47 Å². The zero-order valence-corrected chi connectivity index (χ0v) is 11.5. The van der Waals surface area contributed by atoms with Gasteiger partial charge < -0.3 is 14.6 Å². The second kappa shape index (κ2) is 5.40. The van der Waals surface area contributed by atoms with Crippen molar-refractivity contribution in [2.45, 2.75) is 38.9 Å². The monoisotopic (exact) mass is 266 g/mol. The molecular weight excluding hydrogens is 248 g/mol. The zero-order valence-electron chi connectivity index (χ0n) is 11.5. The van der Waals surface area contributed by atoms with Crippen LogP contribution < -0.4 is 4.74 Å². The van der Waals surface area contributed by atoms with Crippen LogP contribution in [0, 0.1) is 0 Å². The van der Waals surface area contributed by atoms with Gasteiger partial charge in [-0.05, 0) is 39.8 Å². The topological polar surface area (TPSA) is 72.8 Å². The van der Waals surface area contributed by atoms with E-state index in [0.29, 0.717) is 0 Å². The molecule has 19 heavy (non-hydrogen) atoms. The van der Waals surface area contributed by atoms with Gasteiger partial charge in [-0.15, -0.1) is 0 Å². The van der Waals surface area contributed by atoms with Crippen LogP contribution in [-0.4, -0.2) is 28.2 Å². The van der Waals surface area contributed by atoms with Crippen molar-refractivity contribution in [2.75, 3.05) is 0 Å². The molecule has 0 bridgehead atoms. The maximum absolute atomic E-state index is 11.8. The fraction of sp³-hybridized carbons (Fsp3) is 0.429. The van der Waals surface area contributed by atoms with Gasteiger partial charge in [-0.2, -0.15) is 0 Å². The van der Waals surface area contributed by atoms with Gasteiger partial charge in [0.2, 0.25) is 0 Å². The predicted molar refractivity (Wildman–Crippen MR) is 68.5 cm³/mol. The van der Waals surface area contributed by atoms with Crippen molar-refractivity contribution in [1.82, 2.24) is 0 Å². The van der Waals surface area contributed by atoms with Gasteiger partial charge in [0.1, 0.15) is 11.4 Å². The molecule has 0 fully saturated rings. The van der Waals surface area contributed by atoms with Gasteiger partial charge in [0.05, 0.1) is 0 Å². The highest BCUT2D eigenvalue weighted by molar-refractivity contribution is 6.03. The Morgan fingerprint density at radius 1 is 1.00 bits per heavy atom. The fourth-order valence-corrected chi connectivity index (χ4v) is 1.16. The summed E-state index contributed by atoms with van der Waals surface area (Å²) in [5.74, 6) is -1.87. The van der Waals surface area contributed by atoms with E-state index in [1.54, 1.807) is 51.1 Å². The second-order valence-corrected chi connectivity index (χ2v) is 5.28. The first kappa shape index (κ1) is 15.2. The Kier molecular flexibility index (Phi) is 4.32. The summed E-state index contributed by atoms with van der Waals surface area (Å²) in [5.41, 5.74) is -3.14. The maximum atomic E-state index is 11.8. The molecular formula is C14H18O5. The summed E-state index contributed by atoms with van der Waals surface area (Å²) in [5, 5.41) is 9.93. The third-order valence-corrected chi connectivity index (χ3v) is 2.15. The van der Waals surface area contributed by atoms with Gasteiger partial charge in [0.15, 0.2) is 0 Å². The molecule has 0 heterocycles. The number of ether oxygens (including phenoxy) is 2. The van der Waals surface area contributed by atoms with E-state index in [2.05, 4.69) is 0 Å². The van der Waals surface area contributed by atoms with Crippen LogP contribution in [0.25, 0.3) is 0 Å². The van der Waals surface area contributed by atoms with Crippen LogP contribution in [0.4, 0.5) is 0 Å². The number of esters is 2. The lowest BCUT2D eigenvalue weighted by Gasteiger charge is -2.25. The van der Waals surface area contributed by atoms with Crippen molar-refractivity contribution >= 4 is 11.9 Å². The molecule has 1 aromatic rings. The Labute approximate surface area is 112 Å². The van der Waals surface area contributed by atoms with Gasteiger partial charge in [-0.1, -0.05) is 18.2 Å². The average Bonchev–Trinajstić information content (AvgIpc) is 2.27. The molecule has 1 rings (SSSR count). The Bertz CT molecular complexity index is 456. The predicted octanol–water partition coefficient (Wildman–Crippen LogP) is 1.68. The quantitative estimate of drug-likeness (QED) is 0.512. The van der Waals surface area contributed by atoms with Crippen molar-refractivity contribution in [2.24, 2.45) is 0 Å². The minimum atomic E-state index is -2.34. The second-order valence-electron chi connectivity index (χ2n) is 5.28. The third-order valence-electron chi connectivity index (χ3n) is 2.15. The first-order valence-corrected chi connectivity index (χ1v) is 5.86. The summed E-state index contributed by atoms with van der Waals surface area (Å²) in [7, 11) is 0. The Balaban J connectivity index is 2.77. The van der Waals surface area contributed by atoms with Crippen molar-refractivity contribution in [1.29, 1.82) is 0 Å². The lowest BCUT2D eigenvalue weighted by atomic mass is 10.1. The Morgan fingerprint density at radius 2 is 1.53 bits per heavy atom. The molecule has 1 unspecified atom stereocenters. The molecule has 0 aliphatic carbocycles. The van der Waals surface area contributed by atoms with Crippen molar-refractivity contribution in [3.63, 3.8) is 0 Å². The third kappa shape index (κ3) is 4.37. The van der Waals surface area contributed by atoms with Crippen LogP contribution in [0.3, 0.4) is 0 Å². The lowest BCUT2D eigenvalue weighted by Crippen LogP contribution is -2.49. The lowest BCUT2D eigenvalue weighted by molar-refractivity contribution is -0.184. The number of aliphatic hydroxyl groups is 1. The summed E-state index contributed by atoms with van der Waals surface area (Å²) < 4.78 is 9.90. The average molecular weight is 266 g/mol. The maximum Gasteiger partial charge on any atom is 0.355 e. The number of benzene rings is 1. The van der Waals surface area contributed by atoms with E-state index in [9.17, 15) is 14.7 Å². The summed E-state index contributed by atoms with van der Waals surface area (Å²) in [6, 6.07) is 8.19. The van der Waals surface area contributed by atoms with E-state index in [1.165, 1.54) is 0 Å². The normalized spacial score (nSPS) is 14.4. The van der Waals surface area contributed by atoms with E-state index in [0.717, 1.165) is 6.92 Å². The minimum absolute atomic E-state index is 0.247. The van der Waals surface area contributed by atoms with E-state index < -0.39 is 23.1 Å². The highest BCUT2D eigenvalue weighted by atomic mass is 16.6. The highest BCUT2D eigenvalue weighted by Gasteiger charge is 2.44. The molecule has 1 aromatic carbocycles. The Morgan fingerprint density at radius 3 is 2.00 bits per heavy atom. The number of carbonyl (C=O) groups is 2. The molecule has 1 atom stereocenters. The van der Waals surface area contributed by atoms with Crippen LogP contribution >= 0.6 is 0 Å². The standard InChI is InChI=1S/C14H18O5/c1-13(2,3)19-12(16)14(4,17)11(15)18-10-8-6-5-7-9-10/h5-9,17H,1-4H3. The molecule has 0 saturated heterocycles. The molecule has 1 N–H and O–H groups in total. The first-order valence-electron chi connectivity index (χ1n) is 5.86. The minimum Gasteiger partial charge on any atom is -0.457 e. The van der Waals surface area contributed by atoms with Crippen molar-refractivity contribution in [3.05, 3.63) is 30.3 Å². The molecule has 5 heteroatoms. The van der Waals surface area contributed by atoms with Crippen molar-refractivity contribution < 1.29 is 24.2 Å². The molecule has 0 aliphatic rings. The number of rotatable bonds is 3. The zero-order chi connectivity index (χ0) is 14.7. The summed E-state index contributed by atoms with van der Waals surface area (Å²) in [4.78, 5) is 23.5. The largest absolute Gasteiger partial charge is 0.457 e. The van der Waals surface area contributed by atoms with Gasteiger partial charge >= 0.3 is 11.9 Å². The van der Waals surface area contributed by atoms with E-state index in [-0.39, 0.29) is 5.75 Å². The Hall–Kier alpha value is -1.88. The van der Waals surface area contributed by atoms with Gasteiger partial charge in [0.25, 0.3) is 5.60 Å². The number of carbonyl (C=O) groups excluding carboxylic acids is 2. The molecule has 0 aliphatic heterocycles. The summed E-state index contributed by atoms with van der Waals surface area (Å²) in [6.45, 7) is 5.98. The van der Waals surface area contributed by atoms with E-state index in [1.807, 2.05) is 0 Å². The molecule has 0 saturated carbocycles. The number of para-hydroxylation sites is 1. The molecule has 104 valence electrons. The van der Waals surface area contributed by atoms with E-state index >= 15 is 0 Å². The number of hydrogen-bond donors (Lipinski definition) is 1. The van der Waals surface area contributed by atoms with Crippen LogP contribution in [0.1, 0.15) is 27.7 Å². The fourth-order valence-electron chi connectivity index (χ4n) is 1.16. The van der Waals surface area contributed by atoms with Gasteiger partial charge in [-0.3, -0.25) is 0 Å². The summed E-state index contributed by atoms with van der Waals surface area (Å²) >= 11 is 0. The van der Waals surface area contributed by atoms with Crippen LogP contribution in [0.5, 0.6) is 5.75 Å². The highest BCUT2D eigenvalue weighted by Crippen LogP contribution is 2.18. The van der Waals surface area contributed by atoms with Crippen molar-refractivity contribution in [3.8, 4) is 5.75 Å². The molecule has 0 spiro atoms. The van der Waals surface area contributed by atoms with Gasteiger partial charge in [-0.25, -0.2) is 9.59 Å². The van der Waals surface area contributed by atoms with Crippen LogP contribution in [-0.2, 0) is 14.3 Å². The molecule has 0 aromatic heterocycles.